The molecule has 23 heavy (non-hydrogen) atoms. The average Bonchev–Trinajstić information content (AvgIpc) is 2.47. The van der Waals surface area contributed by atoms with Crippen molar-refractivity contribution in [3.05, 3.63) is 11.6 Å². The van der Waals surface area contributed by atoms with Gasteiger partial charge in [0, 0.05) is 31.7 Å². The molecule has 132 valence electrons. The highest BCUT2D eigenvalue weighted by Crippen LogP contribution is 2.18. The molecular formula is C18H33N3O2. The van der Waals surface area contributed by atoms with Crippen LogP contribution in [0.1, 0.15) is 47.0 Å². The van der Waals surface area contributed by atoms with Crippen molar-refractivity contribution < 1.29 is 9.53 Å². The van der Waals surface area contributed by atoms with Gasteiger partial charge in [0.25, 0.3) is 0 Å². The second-order valence-electron chi connectivity index (χ2n) is 7.97. The zero-order valence-electron chi connectivity index (χ0n) is 15.4. The van der Waals surface area contributed by atoms with E-state index in [9.17, 15) is 4.79 Å². The molecule has 1 fully saturated rings. The van der Waals surface area contributed by atoms with E-state index in [1.165, 1.54) is 25.0 Å². The number of hydrogen-bond donors (Lipinski definition) is 1. The minimum absolute atomic E-state index is 0.204. The van der Waals surface area contributed by atoms with Crippen LogP contribution in [0.2, 0.25) is 0 Å². The van der Waals surface area contributed by atoms with Crippen molar-refractivity contribution in [1.82, 2.24) is 15.1 Å². The zero-order chi connectivity index (χ0) is 17.0. The van der Waals surface area contributed by atoms with Gasteiger partial charge < -0.3 is 19.9 Å². The minimum atomic E-state index is -0.423. The summed E-state index contributed by atoms with van der Waals surface area (Å²) in [6, 6.07) is 1.27. The smallest absolute Gasteiger partial charge is 0.410 e. The number of hydrogen-bond acceptors (Lipinski definition) is 4. The highest BCUT2D eigenvalue weighted by Gasteiger charge is 2.25. The maximum atomic E-state index is 12.0. The van der Waals surface area contributed by atoms with Crippen LogP contribution in [0, 0.1) is 0 Å². The predicted molar refractivity (Wildman–Crippen MR) is 93.6 cm³/mol. The van der Waals surface area contributed by atoms with Crippen LogP contribution in [0.4, 0.5) is 4.79 Å². The number of ether oxygens (including phenoxy) is 1. The fourth-order valence-corrected chi connectivity index (χ4v) is 3.11. The third-order valence-electron chi connectivity index (χ3n) is 4.78. The third-order valence-corrected chi connectivity index (χ3v) is 4.78. The van der Waals surface area contributed by atoms with Crippen LogP contribution in [0.3, 0.4) is 0 Å². The van der Waals surface area contributed by atoms with E-state index in [2.05, 4.69) is 30.3 Å². The monoisotopic (exact) mass is 323 g/mol. The zero-order valence-corrected chi connectivity index (χ0v) is 15.4. The first kappa shape index (κ1) is 18.3. The highest BCUT2D eigenvalue weighted by atomic mass is 16.6. The molecule has 2 heterocycles. The Morgan fingerprint density at radius 1 is 1.39 bits per heavy atom. The number of carbonyl (C=O) groups excluding carboxylic acids is 1. The van der Waals surface area contributed by atoms with E-state index >= 15 is 0 Å². The molecule has 5 heteroatoms. The van der Waals surface area contributed by atoms with Crippen LogP contribution in [-0.2, 0) is 4.74 Å². The van der Waals surface area contributed by atoms with Gasteiger partial charge in [0.15, 0.2) is 0 Å². The van der Waals surface area contributed by atoms with Gasteiger partial charge in [0.05, 0.1) is 0 Å². The lowest BCUT2D eigenvalue weighted by molar-refractivity contribution is 0.0265. The lowest BCUT2D eigenvalue weighted by atomic mass is 9.98. The largest absolute Gasteiger partial charge is 0.444 e. The van der Waals surface area contributed by atoms with Crippen molar-refractivity contribution in [2.75, 3.05) is 33.2 Å². The Kier molecular flexibility index (Phi) is 6.09. The molecule has 0 aromatic heterocycles. The molecule has 0 aliphatic carbocycles. The van der Waals surface area contributed by atoms with E-state index in [0.29, 0.717) is 18.6 Å². The number of amides is 1. The quantitative estimate of drug-likeness (QED) is 0.811. The number of likely N-dealkylation sites (tertiary alicyclic amines) is 1. The number of nitrogens with one attached hydrogen (secondary N) is 1. The summed E-state index contributed by atoms with van der Waals surface area (Å²) in [6.07, 6.45) is 5.35. The minimum Gasteiger partial charge on any atom is -0.444 e. The Morgan fingerprint density at radius 2 is 2.13 bits per heavy atom. The van der Waals surface area contributed by atoms with Crippen LogP contribution in [0.15, 0.2) is 11.6 Å². The lowest BCUT2D eigenvalue weighted by Gasteiger charge is -2.36. The normalized spacial score (nSPS) is 26.8. The fourth-order valence-electron chi connectivity index (χ4n) is 3.11. The number of nitrogens with zero attached hydrogens (tertiary/aromatic N) is 2. The van der Waals surface area contributed by atoms with E-state index in [0.717, 1.165) is 19.5 Å². The van der Waals surface area contributed by atoms with Gasteiger partial charge in [-0.1, -0.05) is 11.6 Å². The molecule has 5 nitrogen and oxygen atoms in total. The van der Waals surface area contributed by atoms with Gasteiger partial charge in [-0.2, -0.15) is 0 Å². The second-order valence-corrected chi connectivity index (χ2v) is 7.97. The molecule has 1 saturated heterocycles. The van der Waals surface area contributed by atoms with Crippen molar-refractivity contribution in [3.8, 4) is 0 Å². The number of carbonyl (C=O) groups is 1. The van der Waals surface area contributed by atoms with Crippen LogP contribution in [0.5, 0.6) is 0 Å². The molecule has 0 saturated carbocycles. The van der Waals surface area contributed by atoms with E-state index in [-0.39, 0.29) is 6.09 Å². The molecule has 2 atom stereocenters. The molecule has 0 radical (unpaired) electrons. The topological polar surface area (TPSA) is 44.8 Å². The van der Waals surface area contributed by atoms with Gasteiger partial charge in [-0.3, -0.25) is 0 Å². The average molecular weight is 323 g/mol. The maximum absolute atomic E-state index is 12.0. The van der Waals surface area contributed by atoms with Crippen molar-refractivity contribution >= 4 is 6.09 Å². The summed E-state index contributed by atoms with van der Waals surface area (Å²) in [5.74, 6) is 0. The standard InChI is InChI=1S/C18H33N3O2/c1-14-12-16(8-9-20(14)5)19-13-15-6-10-21(11-7-15)17(22)23-18(2,3)4/h6,14,16,19H,7-13H2,1-5H3. The van der Waals surface area contributed by atoms with Gasteiger partial charge in [-0.05, 0) is 60.5 Å². The van der Waals surface area contributed by atoms with Gasteiger partial charge >= 0.3 is 6.09 Å². The fraction of sp³-hybridized carbons (Fsp3) is 0.833. The van der Waals surface area contributed by atoms with E-state index < -0.39 is 5.60 Å². The Hall–Kier alpha value is -1.07. The summed E-state index contributed by atoms with van der Waals surface area (Å²) in [4.78, 5) is 16.3. The first-order valence-electron chi connectivity index (χ1n) is 8.84. The molecule has 2 rings (SSSR count). The van der Waals surface area contributed by atoms with Crippen LogP contribution in [-0.4, -0.2) is 66.8 Å². The Labute approximate surface area is 141 Å². The molecule has 0 spiro atoms. The Morgan fingerprint density at radius 3 is 2.70 bits per heavy atom. The van der Waals surface area contributed by atoms with Crippen molar-refractivity contribution in [3.63, 3.8) is 0 Å². The molecule has 1 N–H and O–H groups in total. The molecule has 0 bridgehead atoms. The van der Waals surface area contributed by atoms with Crippen LogP contribution in [0.25, 0.3) is 0 Å². The van der Waals surface area contributed by atoms with E-state index in [4.69, 9.17) is 4.74 Å². The summed E-state index contributed by atoms with van der Waals surface area (Å²) in [5.41, 5.74) is 0.990. The molecule has 2 aliphatic heterocycles. The van der Waals surface area contributed by atoms with Crippen molar-refractivity contribution in [2.24, 2.45) is 0 Å². The lowest BCUT2D eigenvalue weighted by Crippen LogP contribution is -2.46. The number of piperidine rings is 1. The third kappa shape index (κ3) is 5.81. The second kappa shape index (κ2) is 7.67. The molecular weight excluding hydrogens is 290 g/mol. The van der Waals surface area contributed by atoms with E-state index in [1.54, 1.807) is 4.90 Å². The summed E-state index contributed by atoms with van der Waals surface area (Å²) in [5, 5.41) is 3.69. The summed E-state index contributed by atoms with van der Waals surface area (Å²) >= 11 is 0. The van der Waals surface area contributed by atoms with Gasteiger partial charge in [-0.25, -0.2) is 4.79 Å². The Balaban J connectivity index is 1.73. The van der Waals surface area contributed by atoms with Gasteiger partial charge in [0.2, 0.25) is 0 Å². The van der Waals surface area contributed by atoms with Gasteiger partial charge in [-0.15, -0.1) is 0 Å². The first-order chi connectivity index (χ1) is 10.7. The number of rotatable bonds is 3. The molecule has 2 aliphatic rings. The summed E-state index contributed by atoms with van der Waals surface area (Å²) in [6.45, 7) is 11.6. The first-order valence-corrected chi connectivity index (χ1v) is 8.84. The predicted octanol–water partition coefficient (Wildman–Crippen LogP) is 2.63. The molecule has 0 aromatic rings. The molecule has 2 unspecified atom stereocenters. The molecule has 0 aromatic carbocycles. The molecule has 1 amide bonds. The maximum Gasteiger partial charge on any atom is 0.410 e. The SMILES string of the molecule is CC1CC(NCC2=CCN(C(=O)OC(C)(C)C)CC2)CCN1C. The van der Waals surface area contributed by atoms with Crippen LogP contribution >= 0.6 is 0 Å². The Bertz CT molecular complexity index is 442. The summed E-state index contributed by atoms with van der Waals surface area (Å²) < 4.78 is 5.43. The van der Waals surface area contributed by atoms with E-state index in [1.807, 2.05) is 20.8 Å². The summed E-state index contributed by atoms with van der Waals surface area (Å²) in [7, 11) is 2.20. The highest BCUT2D eigenvalue weighted by molar-refractivity contribution is 5.68. The van der Waals surface area contributed by atoms with Crippen molar-refractivity contribution in [2.45, 2.75) is 64.6 Å². The van der Waals surface area contributed by atoms with Crippen molar-refractivity contribution in [1.29, 1.82) is 0 Å². The van der Waals surface area contributed by atoms with Gasteiger partial charge in [0.1, 0.15) is 5.60 Å². The van der Waals surface area contributed by atoms with Crippen LogP contribution < -0.4 is 5.32 Å².